The first-order chi connectivity index (χ1) is 17.5. The number of hydrogen-bond acceptors (Lipinski definition) is 6. The second kappa shape index (κ2) is 7.89. The van der Waals surface area contributed by atoms with E-state index in [0.29, 0.717) is 25.1 Å². The third-order valence-electron chi connectivity index (χ3n) is 8.46. The topological polar surface area (TPSA) is 108 Å². The molecule has 1 atom stereocenters. The first-order valence-electron chi connectivity index (χ1n) is 12.6. The number of nitrogens with zero attached hydrogens (tertiary/aromatic N) is 3. The van der Waals surface area contributed by atoms with Crippen LogP contribution in [0, 0.1) is 0 Å². The van der Waals surface area contributed by atoms with Gasteiger partial charge in [-0.05, 0) is 50.0 Å². The number of nitrogens with one attached hydrogen (secondary N) is 2. The smallest absolute Gasteiger partial charge is 0.255 e. The molecule has 2 saturated heterocycles. The number of amides is 3. The minimum atomic E-state index is -0.613. The van der Waals surface area contributed by atoms with Gasteiger partial charge >= 0.3 is 0 Å². The van der Waals surface area contributed by atoms with Crippen molar-refractivity contribution in [3.8, 4) is 5.75 Å². The highest BCUT2D eigenvalue weighted by atomic mass is 16.5. The lowest BCUT2D eigenvalue weighted by atomic mass is 9.74. The van der Waals surface area contributed by atoms with Crippen LogP contribution in [0.25, 0.3) is 10.9 Å². The van der Waals surface area contributed by atoms with Crippen molar-refractivity contribution in [1.82, 2.24) is 25.3 Å². The molecule has 184 valence electrons. The van der Waals surface area contributed by atoms with Crippen molar-refractivity contribution >= 4 is 28.6 Å². The summed E-state index contributed by atoms with van der Waals surface area (Å²) in [7, 11) is 0. The number of hydrogen-bond donors (Lipinski definition) is 2. The quantitative estimate of drug-likeness (QED) is 0.551. The number of carbonyl (C=O) groups excluding carboxylic acids is 3. The Morgan fingerprint density at radius 1 is 1.11 bits per heavy atom. The summed E-state index contributed by atoms with van der Waals surface area (Å²) in [6, 6.07) is 9.82. The molecule has 7 rings (SSSR count). The van der Waals surface area contributed by atoms with Crippen LogP contribution in [0.4, 0.5) is 0 Å². The Balaban J connectivity index is 1.08. The molecule has 9 heteroatoms. The summed E-state index contributed by atoms with van der Waals surface area (Å²) < 4.78 is 6.29. The maximum Gasteiger partial charge on any atom is 0.255 e. The Kier molecular flexibility index (Phi) is 4.73. The SMILES string of the molecule is O=C1CCC(N2Cc3c(ccc4c3OCC43CCN(Cc4ccc5cn[nH]c5c4)CC3)C2=O)C(=O)N1. The molecule has 1 spiro atoms. The van der Waals surface area contributed by atoms with Crippen LogP contribution in [0.5, 0.6) is 5.75 Å². The molecule has 36 heavy (non-hydrogen) atoms. The number of aromatic nitrogens is 2. The van der Waals surface area contributed by atoms with E-state index in [0.717, 1.165) is 54.7 Å². The zero-order valence-electron chi connectivity index (χ0n) is 19.9. The van der Waals surface area contributed by atoms with Gasteiger partial charge in [0.15, 0.2) is 0 Å². The molecule has 0 saturated carbocycles. The number of benzene rings is 2. The monoisotopic (exact) mass is 485 g/mol. The van der Waals surface area contributed by atoms with Crippen molar-refractivity contribution in [2.75, 3.05) is 19.7 Å². The largest absolute Gasteiger partial charge is 0.492 e. The van der Waals surface area contributed by atoms with Crippen molar-refractivity contribution in [2.45, 2.75) is 50.2 Å². The van der Waals surface area contributed by atoms with Gasteiger partial charge in [0, 0.05) is 40.5 Å². The molecule has 2 N–H and O–H groups in total. The molecule has 4 aliphatic heterocycles. The summed E-state index contributed by atoms with van der Waals surface area (Å²) in [4.78, 5) is 41.2. The van der Waals surface area contributed by atoms with Crippen molar-refractivity contribution in [3.05, 3.63) is 58.8 Å². The van der Waals surface area contributed by atoms with Crippen molar-refractivity contribution in [2.24, 2.45) is 0 Å². The molecule has 9 nitrogen and oxygen atoms in total. The number of aromatic amines is 1. The Labute approximate surface area is 207 Å². The third kappa shape index (κ3) is 3.26. The van der Waals surface area contributed by atoms with Crippen LogP contribution in [-0.4, -0.2) is 63.5 Å². The number of rotatable bonds is 3. The van der Waals surface area contributed by atoms with Gasteiger partial charge in [-0.3, -0.25) is 29.7 Å². The van der Waals surface area contributed by atoms with E-state index in [2.05, 4.69) is 44.7 Å². The van der Waals surface area contributed by atoms with Crippen LogP contribution in [0.1, 0.15) is 52.7 Å². The summed E-state index contributed by atoms with van der Waals surface area (Å²) in [5, 5.41) is 10.7. The number of fused-ring (bicyclic) bond motifs is 5. The first kappa shape index (κ1) is 21.6. The van der Waals surface area contributed by atoms with E-state index in [1.807, 2.05) is 12.3 Å². The van der Waals surface area contributed by atoms with Gasteiger partial charge in [-0.25, -0.2) is 0 Å². The Bertz CT molecular complexity index is 1420. The van der Waals surface area contributed by atoms with Gasteiger partial charge < -0.3 is 9.64 Å². The van der Waals surface area contributed by atoms with Gasteiger partial charge in [-0.1, -0.05) is 18.2 Å². The average molecular weight is 486 g/mol. The Morgan fingerprint density at radius 3 is 2.81 bits per heavy atom. The van der Waals surface area contributed by atoms with E-state index in [9.17, 15) is 14.4 Å². The minimum absolute atomic E-state index is 0.0424. The van der Waals surface area contributed by atoms with Crippen LogP contribution in [0.15, 0.2) is 36.5 Å². The van der Waals surface area contributed by atoms with E-state index in [1.165, 1.54) is 11.1 Å². The Hall–Kier alpha value is -3.72. The van der Waals surface area contributed by atoms with E-state index < -0.39 is 6.04 Å². The second-order valence-corrected chi connectivity index (χ2v) is 10.5. The number of carbonyl (C=O) groups is 3. The van der Waals surface area contributed by atoms with E-state index in [1.54, 1.807) is 4.90 Å². The van der Waals surface area contributed by atoms with Crippen LogP contribution in [-0.2, 0) is 28.1 Å². The average Bonchev–Trinajstić information content (AvgIpc) is 3.57. The van der Waals surface area contributed by atoms with E-state index in [-0.39, 0.29) is 29.6 Å². The Morgan fingerprint density at radius 2 is 1.97 bits per heavy atom. The minimum Gasteiger partial charge on any atom is -0.492 e. The summed E-state index contributed by atoms with van der Waals surface area (Å²) in [5.74, 6) is 0.00459. The number of piperidine rings is 2. The highest BCUT2D eigenvalue weighted by Gasteiger charge is 2.47. The molecule has 1 unspecified atom stereocenters. The van der Waals surface area contributed by atoms with E-state index >= 15 is 0 Å². The second-order valence-electron chi connectivity index (χ2n) is 10.5. The summed E-state index contributed by atoms with van der Waals surface area (Å²) in [6.07, 6.45) is 4.45. The highest BCUT2D eigenvalue weighted by molar-refractivity contribution is 6.05. The zero-order valence-corrected chi connectivity index (χ0v) is 19.9. The van der Waals surface area contributed by atoms with Gasteiger partial charge in [-0.2, -0.15) is 5.10 Å². The summed E-state index contributed by atoms with van der Waals surface area (Å²) in [5.41, 5.74) is 4.98. The fourth-order valence-corrected chi connectivity index (χ4v) is 6.38. The van der Waals surface area contributed by atoms with Crippen LogP contribution in [0.2, 0.25) is 0 Å². The van der Waals surface area contributed by atoms with Crippen molar-refractivity contribution in [3.63, 3.8) is 0 Å². The summed E-state index contributed by atoms with van der Waals surface area (Å²) >= 11 is 0. The number of ether oxygens (including phenoxy) is 1. The van der Waals surface area contributed by atoms with Crippen molar-refractivity contribution in [1.29, 1.82) is 0 Å². The maximum atomic E-state index is 13.2. The first-order valence-corrected chi connectivity index (χ1v) is 12.6. The van der Waals surface area contributed by atoms with Crippen LogP contribution >= 0.6 is 0 Å². The molecule has 2 aromatic carbocycles. The van der Waals surface area contributed by atoms with Crippen LogP contribution < -0.4 is 10.1 Å². The predicted molar refractivity (Wildman–Crippen MR) is 130 cm³/mol. The normalized spacial score (nSPS) is 23.2. The van der Waals surface area contributed by atoms with Gasteiger partial charge in [0.05, 0.1) is 24.9 Å². The maximum absolute atomic E-state index is 13.2. The van der Waals surface area contributed by atoms with E-state index in [4.69, 9.17) is 4.74 Å². The number of imide groups is 1. The zero-order chi connectivity index (χ0) is 24.4. The molecule has 5 heterocycles. The summed E-state index contributed by atoms with van der Waals surface area (Å²) in [6.45, 7) is 3.82. The molecule has 3 amide bonds. The molecule has 0 radical (unpaired) electrons. The fourth-order valence-electron chi connectivity index (χ4n) is 6.38. The van der Waals surface area contributed by atoms with Gasteiger partial charge in [0.25, 0.3) is 5.91 Å². The molecule has 0 aliphatic carbocycles. The van der Waals surface area contributed by atoms with Crippen molar-refractivity contribution < 1.29 is 19.1 Å². The molecular weight excluding hydrogens is 458 g/mol. The molecule has 4 aliphatic rings. The van der Waals surface area contributed by atoms with Gasteiger partial charge in [0.2, 0.25) is 11.8 Å². The lowest BCUT2D eigenvalue weighted by Crippen LogP contribution is -2.52. The van der Waals surface area contributed by atoms with Gasteiger partial charge in [0.1, 0.15) is 11.8 Å². The predicted octanol–water partition coefficient (Wildman–Crippen LogP) is 2.25. The lowest BCUT2D eigenvalue weighted by molar-refractivity contribution is -0.136. The molecule has 3 aromatic rings. The molecule has 1 aromatic heterocycles. The number of likely N-dealkylation sites (tertiary alicyclic amines) is 1. The molecule has 2 fully saturated rings. The fraction of sp³-hybridized carbons (Fsp3) is 0.407. The molecular formula is C27H27N5O4. The van der Waals surface area contributed by atoms with Gasteiger partial charge in [-0.15, -0.1) is 0 Å². The third-order valence-corrected chi connectivity index (χ3v) is 8.46. The standard InChI is InChI=1S/C27H27N5O4/c33-23-6-5-22(25(34)29-23)32-14-19-18(26(32)35)3-4-20-24(19)36-15-27(20)7-9-31(10-8-27)13-16-1-2-17-12-28-30-21(17)11-16/h1-4,11-12,22H,5-10,13-15H2,(H,28,30)(H,29,33,34). The van der Waals surface area contributed by atoms with Crippen LogP contribution in [0.3, 0.4) is 0 Å². The number of H-pyrrole nitrogens is 1. The highest BCUT2D eigenvalue weighted by Crippen LogP contribution is 2.49. The lowest BCUT2D eigenvalue weighted by Gasteiger charge is -2.38. The molecule has 0 bridgehead atoms.